The smallest absolute Gasteiger partial charge is 0.345 e. The zero-order chi connectivity index (χ0) is 22.7. The summed E-state index contributed by atoms with van der Waals surface area (Å²) in [5, 5.41) is 11.3. The van der Waals surface area contributed by atoms with E-state index in [-0.39, 0.29) is 36.1 Å². The lowest BCUT2D eigenvalue weighted by molar-refractivity contribution is -0.385. The van der Waals surface area contributed by atoms with Gasteiger partial charge >= 0.3 is 5.97 Å². The van der Waals surface area contributed by atoms with Crippen LogP contribution in [-0.4, -0.2) is 54.5 Å². The minimum atomic E-state index is -0.727. The summed E-state index contributed by atoms with van der Waals surface area (Å²) in [4.78, 5) is 26.1. The normalized spacial score (nSPS) is 28.5. The van der Waals surface area contributed by atoms with Gasteiger partial charge in [-0.3, -0.25) is 15.0 Å². The van der Waals surface area contributed by atoms with Crippen molar-refractivity contribution in [1.82, 2.24) is 4.90 Å². The zero-order valence-electron chi connectivity index (χ0n) is 17.9. The van der Waals surface area contributed by atoms with Crippen LogP contribution in [0.15, 0.2) is 48.0 Å². The summed E-state index contributed by atoms with van der Waals surface area (Å²) in [6.07, 6.45) is 1.68. The highest BCUT2D eigenvalue weighted by Gasteiger charge is 2.47. The Hall–Kier alpha value is -3.43. The van der Waals surface area contributed by atoms with Crippen molar-refractivity contribution in [3.8, 4) is 11.5 Å². The molecule has 170 valence electrons. The Labute approximate surface area is 189 Å². The van der Waals surface area contributed by atoms with Crippen LogP contribution in [0.3, 0.4) is 0 Å². The second kappa shape index (κ2) is 7.57. The maximum absolute atomic E-state index is 12.9. The Morgan fingerprint density at radius 2 is 2.00 bits per heavy atom. The van der Waals surface area contributed by atoms with Crippen molar-refractivity contribution < 1.29 is 28.7 Å². The van der Waals surface area contributed by atoms with Crippen LogP contribution >= 0.6 is 0 Å². The summed E-state index contributed by atoms with van der Waals surface area (Å²) in [5.41, 5.74) is 3.29. The first-order valence-corrected chi connectivity index (χ1v) is 10.9. The Kier molecular flexibility index (Phi) is 4.63. The molecule has 0 saturated carbocycles. The molecule has 9 heteroatoms. The van der Waals surface area contributed by atoms with Gasteiger partial charge in [0, 0.05) is 38.2 Å². The maximum Gasteiger partial charge on any atom is 0.345 e. The van der Waals surface area contributed by atoms with E-state index in [1.165, 1.54) is 34.9 Å². The van der Waals surface area contributed by atoms with Gasteiger partial charge in [0.25, 0.3) is 5.69 Å². The maximum atomic E-state index is 12.9. The third-order valence-electron chi connectivity index (χ3n) is 7.07. The Balaban J connectivity index is 1.33. The van der Waals surface area contributed by atoms with Gasteiger partial charge in [-0.2, -0.15) is 0 Å². The first-order valence-electron chi connectivity index (χ1n) is 10.9. The molecule has 33 heavy (non-hydrogen) atoms. The number of para-hydroxylation sites is 1. The van der Waals surface area contributed by atoms with Crippen molar-refractivity contribution in [2.75, 3.05) is 20.4 Å². The van der Waals surface area contributed by atoms with Gasteiger partial charge in [-0.25, -0.2) is 4.79 Å². The molecule has 6 rings (SSSR count). The first-order chi connectivity index (χ1) is 16.0. The number of benzene rings is 2. The SMILES string of the molecule is CO[C@H]1C[C@H]2C(=C[C@@H]1OC(=O)c1ccccc1[N+](=O)[O-])[C@H]1CN2Cc2cc3c(cc21)OCO3. The number of carbonyl (C=O) groups is 1. The van der Waals surface area contributed by atoms with Crippen LogP contribution < -0.4 is 9.47 Å². The van der Waals surface area contributed by atoms with Crippen molar-refractivity contribution in [3.63, 3.8) is 0 Å². The number of carbonyl (C=O) groups excluding carboxylic acids is 1. The Morgan fingerprint density at radius 1 is 1.21 bits per heavy atom. The second-order valence-corrected chi connectivity index (χ2v) is 8.72. The summed E-state index contributed by atoms with van der Waals surface area (Å²) in [7, 11) is 1.60. The van der Waals surface area contributed by atoms with Gasteiger partial charge in [-0.15, -0.1) is 0 Å². The molecule has 2 aromatic rings. The van der Waals surface area contributed by atoms with E-state index in [0.717, 1.165) is 24.6 Å². The molecule has 0 N–H and O–H groups in total. The molecule has 4 aliphatic rings. The number of esters is 1. The topological polar surface area (TPSA) is 100 Å². The number of nitro groups is 1. The molecule has 1 aliphatic carbocycles. The zero-order valence-corrected chi connectivity index (χ0v) is 17.9. The lowest BCUT2D eigenvalue weighted by Gasteiger charge is -2.34. The molecule has 0 spiro atoms. The van der Waals surface area contributed by atoms with Crippen molar-refractivity contribution in [3.05, 3.63) is 74.9 Å². The molecule has 2 aromatic carbocycles. The number of hydrogen-bond acceptors (Lipinski definition) is 8. The van der Waals surface area contributed by atoms with Gasteiger partial charge in [-0.05, 0) is 47.4 Å². The van der Waals surface area contributed by atoms with Gasteiger partial charge in [0.05, 0.1) is 11.0 Å². The summed E-state index contributed by atoms with van der Waals surface area (Å²) >= 11 is 0. The molecular formula is C24H22N2O7. The number of nitrogens with zero attached hydrogens (tertiary/aromatic N) is 2. The summed E-state index contributed by atoms with van der Waals surface area (Å²) in [5.74, 6) is 0.975. The van der Waals surface area contributed by atoms with Crippen LogP contribution in [0, 0.1) is 10.1 Å². The summed E-state index contributed by atoms with van der Waals surface area (Å²) in [6.45, 7) is 1.92. The van der Waals surface area contributed by atoms with E-state index in [4.69, 9.17) is 18.9 Å². The third kappa shape index (κ3) is 3.19. The molecule has 5 atom stereocenters. The lowest BCUT2D eigenvalue weighted by atomic mass is 9.82. The Morgan fingerprint density at radius 3 is 2.79 bits per heavy atom. The number of rotatable bonds is 4. The molecule has 0 radical (unpaired) electrons. The number of hydrogen-bond donors (Lipinski definition) is 0. The van der Waals surface area contributed by atoms with Gasteiger partial charge in [0.2, 0.25) is 6.79 Å². The second-order valence-electron chi connectivity index (χ2n) is 8.72. The van der Waals surface area contributed by atoms with E-state index in [9.17, 15) is 14.9 Å². The quantitative estimate of drug-likeness (QED) is 0.303. The first kappa shape index (κ1) is 20.2. The fourth-order valence-electron chi connectivity index (χ4n) is 5.54. The predicted molar refractivity (Wildman–Crippen MR) is 115 cm³/mol. The van der Waals surface area contributed by atoms with Gasteiger partial charge in [0.1, 0.15) is 11.7 Å². The van der Waals surface area contributed by atoms with Crippen LogP contribution in [0.25, 0.3) is 0 Å². The van der Waals surface area contributed by atoms with E-state index >= 15 is 0 Å². The molecule has 9 nitrogen and oxygen atoms in total. The fraction of sp³-hybridized carbons (Fsp3) is 0.375. The predicted octanol–water partition coefficient (Wildman–Crippen LogP) is 3.18. The molecular weight excluding hydrogens is 428 g/mol. The van der Waals surface area contributed by atoms with Crippen molar-refractivity contribution >= 4 is 11.7 Å². The highest BCUT2D eigenvalue weighted by molar-refractivity contribution is 5.94. The van der Waals surface area contributed by atoms with E-state index < -0.39 is 17.0 Å². The highest BCUT2D eigenvalue weighted by Crippen LogP contribution is 2.50. The number of fused-ring (bicyclic) bond motifs is 8. The summed E-state index contributed by atoms with van der Waals surface area (Å²) < 4.78 is 22.6. The molecule has 0 amide bonds. The van der Waals surface area contributed by atoms with Crippen LogP contribution in [0.4, 0.5) is 5.69 Å². The monoisotopic (exact) mass is 450 g/mol. The van der Waals surface area contributed by atoms with E-state index in [1.807, 2.05) is 6.08 Å². The lowest BCUT2D eigenvalue weighted by Crippen LogP contribution is -2.42. The van der Waals surface area contributed by atoms with E-state index in [0.29, 0.717) is 6.42 Å². The fourth-order valence-corrected chi connectivity index (χ4v) is 5.54. The molecule has 1 unspecified atom stereocenters. The number of methoxy groups -OCH3 is 1. The van der Waals surface area contributed by atoms with Crippen LogP contribution in [0.5, 0.6) is 11.5 Å². The van der Waals surface area contributed by atoms with Crippen molar-refractivity contribution in [2.45, 2.75) is 37.1 Å². The van der Waals surface area contributed by atoms with E-state index in [1.54, 1.807) is 13.2 Å². The van der Waals surface area contributed by atoms with Crippen LogP contribution in [-0.2, 0) is 16.0 Å². The standard InChI is InChI=1S/C24H22N2O7/c1-30-20-9-19-16(8-23(20)33-24(27)14-4-2-3-5-18(14)26(28)29)17-11-25(19)10-13-6-21-22(7-15(13)17)32-12-31-21/h2-8,17,19-20,23H,9-12H2,1H3/t17-,19-,20-,23-/m0/s1. The van der Waals surface area contributed by atoms with Gasteiger partial charge in [-0.1, -0.05) is 12.1 Å². The van der Waals surface area contributed by atoms with E-state index in [2.05, 4.69) is 17.0 Å². The molecule has 1 fully saturated rings. The molecule has 3 aliphatic heterocycles. The van der Waals surface area contributed by atoms with Gasteiger partial charge < -0.3 is 18.9 Å². The number of ether oxygens (including phenoxy) is 4. The molecule has 3 heterocycles. The Bertz CT molecular complexity index is 1190. The van der Waals surface area contributed by atoms with Crippen molar-refractivity contribution in [1.29, 1.82) is 0 Å². The van der Waals surface area contributed by atoms with Crippen LogP contribution in [0.2, 0.25) is 0 Å². The molecule has 2 bridgehead atoms. The minimum Gasteiger partial charge on any atom is -0.454 e. The largest absolute Gasteiger partial charge is 0.454 e. The van der Waals surface area contributed by atoms with Gasteiger partial charge in [0.15, 0.2) is 11.5 Å². The van der Waals surface area contributed by atoms with Crippen molar-refractivity contribution in [2.24, 2.45) is 0 Å². The summed E-state index contributed by atoms with van der Waals surface area (Å²) in [6, 6.07) is 10.1. The number of nitro benzene ring substituents is 1. The highest BCUT2D eigenvalue weighted by atomic mass is 16.7. The van der Waals surface area contributed by atoms with Crippen LogP contribution in [0.1, 0.15) is 33.8 Å². The molecule has 1 saturated heterocycles. The minimum absolute atomic E-state index is 0.0650. The third-order valence-corrected chi connectivity index (χ3v) is 7.07. The average Bonchev–Trinajstić information content (AvgIpc) is 3.39. The molecule has 0 aromatic heterocycles. The average molecular weight is 450 g/mol.